The van der Waals surface area contributed by atoms with Gasteiger partial charge in [-0.3, -0.25) is 9.36 Å². The van der Waals surface area contributed by atoms with Crippen LogP contribution in [0.4, 0.5) is 0 Å². The minimum atomic E-state index is -0.371. The van der Waals surface area contributed by atoms with Crippen LogP contribution in [0.2, 0.25) is 0 Å². The molecule has 1 amide bonds. The highest BCUT2D eigenvalue weighted by atomic mass is 32.2. The van der Waals surface area contributed by atoms with Gasteiger partial charge in [-0.2, -0.15) is 5.26 Å². The largest absolute Gasteiger partial charge is 0.467 e. The van der Waals surface area contributed by atoms with E-state index in [-0.39, 0.29) is 12.3 Å². The highest BCUT2D eigenvalue weighted by Gasteiger charge is 2.15. The first-order valence-electron chi connectivity index (χ1n) is 10.1. The minimum Gasteiger partial charge on any atom is -0.467 e. The van der Waals surface area contributed by atoms with Crippen molar-refractivity contribution in [2.75, 3.05) is 0 Å². The van der Waals surface area contributed by atoms with Crippen molar-refractivity contribution in [1.29, 1.82) is 5.26 Å². The monoisotopic (exact) mass is 443 g/mol. The van der Waals surface area contributed by atoms with Crippen LogP contribution in [0.3, 0.4) is 0 Å². The third kappa shape index (κ3) is 5.07. The molecule has 7 nitrogen and oxygen atoms in total. The van der Waals surface area contributed by atoms with Crippen molar-refractivity contribution in [3.8, 4) is 17.2 Å². The number of hydrogen-bond donors (Lipinski definition) is 1. The second kappa shape index (κ2) is 9.98. The van der Waals surface area contributed by atoms with Crippen LogP contribution in [-0.2, 0) is 23.5 Å². The highest BCUT2D eigenvalue weighted by Crippen LogP contribution is 2.27. The van der Waals surface area contributed by atoms with Gasteiger partial charge in [0.05, 0.1) is 24.4 Å². The number of nitriles is 1. The molecule has 0 saturated carbocycles. The van der Waals surface area contributed by atoms with Crippen molar-refractivity contribution in [3.05, 3.63) is 89.6 Å². The summed E-state index contributed by atoms with van der Waals surface area (Å²) in [7, 11) is 0. The number of nitrogens with zero attached hydrogens (tertiary/aromatic N) is 4. The molecule has 0 unspecified atom stereocenters. The van der Waals surface area contributed by atoms with Gasteiger partial charge in [0.15, 0.2) is 5.16 Å². The Labute approximate surface area is 189 Å². The SMILES string of the molecule is N#Cc1ccccc1-c1ccc(CSc2nnc(CCC(N)=O)n2Cc2ccco2)cc1. The van der Waals surface area contributed by atoms with Gasteiger partial charge in [0.2, 0.25) is 5.91 Å². The van der Waals surface area contributed by atoms with Crippen LogP contribution in [-0.4, -0.2) is 20.7 Å². The molecule has 0 aliphatic heterocycles. The van der Waals surface area contributed by atoms with Crippen LogP contribution in [0.15, 0.2) is 76.5 Å². The molecular formula is C24H21N5O2S. The third-order valence-electron chi connectivity index (χ3n) is 4.96. The quantitative estimate of drug-likeness (QED) is 0.389. The Morgan fingerprint density at radius 1 is 1.09 bits per heavy atom. The summed E-state index contributed by atoms with van der Waals surface area (Å²) in [6.07, 6.45) is 2.27. The average Bonchev–Trinajstić information content (AvgIpc) is 3.47. The Morgan fingerprint density at radius 3 is 2.62 bits per heavy atom. The van der Waals surface area contributed by atoms with Gasteiger partial charge < -0.3 is 10.2 Å². The van der Waals surface area contributed by atoms with E-state index >= 15 is 0 Å². The summed E-state index contributed by atoms with van der Waals surface area (Å²) in [6.45, 7) is 0.486. The lowest BCUT2D eigenvalue weighted by atomic mass is 10.00. The van der Waals surface area contributed by atoms with E-state index in [0.29, 0.717) is 30.1 Å². The van der Waals surface area contributed by atoms with E-state index in [2.05, 4.69) is 28.4 Å². The lowest BCUT2D eigenvalue weighted by Crippen LogP contribution is -2.14. The van der Waals surface area contributed by atoms with Crippen LogP contribution in [0, 0.1) is 11.3 Å². The maximum absolute atomic E-state index is 11.2. The summed E-state index contributed by atoms with van der Waals surface area (Å²) in [5.74, 6) is 1.81. The lowest BCUT2D eigenvalue weighted by Gasteiger charge is -2.09. The molecule has 2 heterocycles. The summed E-state index contributed by atoms with van der Waals surface area (Å²) in [5.41, 5.74) is 9.01. The average molecular weight is 444 g/mol. The van der Waals surface area contributed by atoms with E-state index in [0.717, 1.165) is 27.6 Å². The summed E-state index contributed by atoms with van der Waals surface area (Å²) in [6, 6.07) is 21.7. The molecular weight excluding hydrogens is 422 g/mol. The smallest absolute Gasteiger partial charge is 0.217 e. The Balaban J connectivity index is 1.49. The van der Waals surface area contributed by atoms with E-state index < -0.39 is 0 Å². The fourth-order valence-electron chi connectivity index (χ4n) is 3.32. The van der Waals surface area contributed by atoms with Gasteiger partial charge in [0, 0.05) is 18.6 Å². The number of amides is 1. The number of nitrogens with two attached hydrogens (primary N) is 1. The number of carbonyl (C=O) groups excluding carboxylic acids is 1. The molecule has 0 spiro atoms. The van der Waals surface area contributed by atoms with Crippen LogP contribution in [0.25, 0.3) is 11.1 Å². The summed E-state index contributed by atoms with van der Waals surface area (Å²) in [5, 5.41) is 18.7. The molecule has 32 heavy (non-hydrogen) atoms. The van der Waals surface area contributed by atoms with Crippen molar-refractivity contribution in [2.24, 2.45) is 5.73 Å². The van der Waals surface area contributed by atoms with Crippen molar-refractivity contribution in [3.63, 3.8) is 0 Å². The second-order valence-corrected chi connectivity index (χ2v) is 8.12. The van der Waals surface area contributed by atoms with Crippen molar-refractivity contribution < 1.29 is 9.21 Å². The lowest BCUT2D eigenvalue weighted by molar-refractivity contribution is -0.118. The molecule has 0 aliphatic carbocycles. The molecule has 2 aromatic heterocycles. The number of rotatable bonds is 9. The Bertz CT molecular complexity index is 1240. The first-order valence-corrected chi connectivity index (χ1v) is 11.1. The van der Waals surface area contributed by atoms with Gasteiger partial charge in [-0.05, 0) is 34.9 Å². The number of hydrogen-bond acceptors (Lipinski definition) is 6. The Hall–Kier alpha value is -3.83. The molecule has 4 rings (SSSR count). The molecule has 0 radical (unpaired) electrons. The first kappa shape index (κ1) is 21.4. The van der Waals surface area contributed by atoms with E-state index in [1.807, 2.05) is 53.1 Å². The number of aryl methyl sites for hydroxylation is 1. The van der Waals surface area contributed by atoms with Gasteiger partial charge in [0.25, 0.3) is 0 Å². The van der Waals surface area contributed by atoms with Crippen LogP contribution in [0.5, 0.6) is 0 Å². The van der Waals surface area contributed by atoms with E-state index in [1.165, 1.54) is 0 Å². The zero-order valence-corrected chi connectivity index (χ0v) is 18.1. The maximum atomic E-state index is 11.2. The van der Waals surface area contributed by atoms with Gasteiger partial charge in [-0.1, -0.05) is 54.2 Å². The molecule has 0 atom stereocenters. The standard InChI is InChI=1S/C24H21N5O2S/c25-14-19-4-1-2-6-21(19)18-9-7-17(8-10-18)16-32-24-28-27-23(12-11-22(26)30)29(24)15-20-5-3-13-31-20/h1-10,13H,11-12,15-16H2,(H2,26,30). The first-order chi connectivity index (χ1) is 15.6. The number of aromatic nitrogens is 3. The van der Waals surface area contributed by atoms with Gasteiger partial charge in [0.1, 0.15) is 11.6 Å². The molecule has 0 aliphatic rings. The zero-order chi connectivity index (χ0) is 22.3. The normalized spacial score (nSPS) is 10.7. The fraction of sp³-hybridized carbons (Fsp3) is 0.167. The number of thioether (sulfide) groups is 1. The van der Waals surface area contributed by atoms with Crippen molar-refractivity contribution in [2.45, 2.75) is 30.3 Å². The van der Waals surface area contributed by atoms with Crippen LogP contribution >= 0.6 is 11.8 Å². The van der Waals surface area contributed by atoms with Gasteiger partial charge in [-0.15, -0.1) is 10.2 Å². The van der Waals surface area contributed by atoms with Crippen molar-refractivity contribution >= 4 is 17.7 Å². The summed E-state index contributed by atoms with van der Waals surface area (Å²) < 4.78 is 7.44. The Morgan fingerprint density at radius 2 is 1.91 bits per heavy atom. The number of primary amides is 1. The van der Waals surface area contributed by atoms with Crippen molar-refractivity contribution in [1.82, 2.24) is 14.8 Å². The molecule has 2 aromatic carbocycles. The number of furan rings is 1. The second-order valence-electron chi connectivity index (χ2n) is 7.17. The van der Waals surface area contributed by atoms with Crippen LogP contribution < -0.4 is 5.73 Å². The zero-order valence-electron chi connectivity index (χ0n) is 17.3. The van der Waals surface area contributed by atoms with E-state index in [9.17, 15) is 10.1 Å². The molecule has 0 fully saturated rings. The number of carbonyl (C=O) groups is 1. The Kier molecular flexibility index (Phi) is 6.68. The van der Waals surface area contributed by atoms with Crippen LogP contribution in [0.1, 0.15) is 29.1 Å². The summed E-state index contributed by atoms with van der Waals surface area (Å²) >= 11 is 1.57. The van der Waals surface area contributed by atoms with Gasteiger partial charge >= 0.3 is 0 Å². The van der Waals surface area contributed by atoms with E-state index in [1.54, 1.807) is 18.0 Å². The maximum Gasteiger partial charge on any atom is 0.217 e. The third-order valence-corrected chi connectivity index (χ3v) is 6.00. The topological polar surface area (TPSA) is 111 Å². The predicted molar refractivity (Wildman–Crippen MR) is 122 cm³/mol. The molecule has 160 valence electrons. The minimum absolute atomic E-state index is 0.215. The molecule has 2 N–H and O–H groups in total. The fourth-order valence-corrected chi connectivity index (χ4v) is 4.24. The molecule has 8 heteroatoms. The predicted octanol–water partition coefficient (Wildman–Crippen LogP) is 4.17. The van der Waals surface area contributed by atoms with E-state index in [4.69, 9.17) is 10.2 Å². The molecule has 0 bridgehead atoms. The summed E-state index contributed by atoms with van der Waals surface area (Å²) in [4.78, 5) is 11.2. The molecule has 0 saturated heterocycles. The highest BCUT2D eigenvalue weighted by molar-refractivity contribution is 7.98. The van der Waals surface area contributed by atoms with Gasteiger partial charge in [-0.25, -0.2) is 0 Å². The molecule has 4 aromatic rings. The number of benzene rings is 2.